The number of carbonyl (C=O) groups excluding carboxylic acids is 1. The van der Waals surface area contributed by atoms with Gasteiger partial charge >= 0.3 is 0 Å². The standard InChI is InChI=1S/C13H18F2N2O3/c14-12(15)9-19-7-5-17-13(18)4-6-20-11-3-1-2-10(16)8-11/h1-3,8,12H,4-7,9,16H2,(H,17,18). The lowest BCUT2D eigenvalue weighted by atomic mass is 10.3. The van der Waals surface area contributed by atoms with E-state index < -0.39 is 13.0 Å². The van der Waals surface area contributed by atoms with Crippen LogP contribution in [0.15, 0.2) is 24.3 Å². The summed E-state index contributed by atoms with van der Waals surface area (Å²) in [5, 5.41) is 2.54. The van der Waals surface area contributed by atoms with Crippen molar-refractivity contribution < 1.29 is 23.0 Å². The van der Waals surface area contributed by atoms with Crippen LogP contribution in [0.1, 0.15) is 6.42 Å². The molecule has 0 atom stereocenters. The van der Waals surface area contributed by atoms with Gasteiger partial charge in [-0.05, 0) is 12.1 Å². The molecule has 0 radical (unpaired) electrons. The number of benzene rings is 1. The van der Waals surface area contributed by atoms with Crippen LogP contribution in [0.25, 0.3) is 0 Å². The first kappa shape index (κ1) is 16.2. The normalized spacial score (nSPS) is 10.6. The summed E-state index contributed by atoms with van der Waals surface area (Å²) in [6.07, 6.45) is -2.32. The summed E-state index contributed by atoms with van der Waals surface area (Å²) < 4.78 is 33.4. The van der Waals surface area contributed by atoms with Gasteiger partial charge in [0.15, 0.2) is 0 Å². The molecule has 0 aromatic heterocycles. The third-order valence-corrected chi connectivity index (χ3v) is 2.27. The van der Waals surface area contributed by atoms with E-state index in [4.69, 9.17) is 10.5 Å². The Morgan fingerprint density at radius 1 is 1.35 bits per heavy atom. The van der Waals surface area contributed by atoms with Crippen LogP contribution in [0.2, 0.25) is 0 Å². The number of carbonyl (C=O) groups is 1. The fraction of sp³-hybridized carbons (Fsp3) is 0.462. The fourth-order valence-corrected chi connectivity index (χ4v) is 1.39. The number of nitrogens with one attached hydrogen (secondary N) is 1. The smallest absolute Gasteiger partial charge is 0.261 e. The minimum Gasteiger partial charge on any atom is -0.493 e. The molecule has 0 heterocycles. The molecule has 0 aliphatic carbocycles. The molecular weight excluding hydrogens is 270 g/mol. The molecule has 1 rings (SSSR count). The van der Waals surface area contributed by atoms with Gasteiger partial charge < -0.3 is 20.5 Å². The van der Waals surface area contributed by atoms with Gasteiger partial charge in [-0.15, -0.1) is 0 Å². The van der Waals surface area contributed by atoms with Gasteiger partial charge in [0.2, 0.25) is 5.91 Å². The molecule has 112 valence electrons. The lowest BCUT2D eigenvalue weighted by molar-refractivity contribution is -0.121. The van der Waals surface area contributed by atoms with Gasteiger partial charge in [-0.3, -0.25) is 4.79 Å². The first-order chi connectivity index (χ1) is 9.58. The zero-order valence-electron chi connectivity index (χ0n) is 11.0. The van der Waals surface area contributed by atoms with Crippen molar-refractivity contribution in [1.29, 1.82) is 0 Å². The molecule has 7 heteroatoms. The van der Waals surface area contributed by atoms with Crippen molar-refractivity contribution in [3.63, 3.8) is 0 Å². The highest BCUT2D eigenvalue weighted by Crippen LogP contribution is 2.14. The number of hydrogen-bond donors (Lipinski definition) is 2. The van der Waals surface area contributed by atoms with Gasteiger partial charge in [0.25, 0.3) is 6.43 Å². The Morgan fingerprint density at radius 2 is 2.15 bits per heavy atom. The Balaban J connectivity index is 2.05. The van der Waals surface area contributed by atoms with Crippen LogP contribution in [-0.2, 0) is 9.53 Å². The highest BCUT2D eigenvalue weighted by molar-refractivity contribution is 5.75. The molecule has 1 aromatic rings. The monoisotopic (exact) mass is 288 g/mol. The number of anilines is 1. The SMILES string of the molecule is Nc1cccc(OCCC(=O)NCCOCC(F)F)c1. The minimum absolute atomic E-state index is 0.0617. The fourth-order valence-electron chi connectivity index (χ4n) is 1.39. The maximum atomic E-state index is 11.7. The molecule has 0 aliphatic rings. The van der Waals surface area contributed by atoms with Crippen LogP contribution < -0.4 is 15.8 Å². The Morgan fingerprint density at radius 3 is 2.85 bits per heavy atom. The minimum atomic E-state index is -2.49. The largest absolute Gasteiger partial charge is 0.493 e. The lowest BCUT2D eigenvalue weighted by Crippen LogP contribution is -2.28. The van der Waals surface area contributed by atoms with Gasteiger partial charge in [-0.25, -0.2) is 8.78 Å². The van der Waals surface area contributed by atoms with E-state index in [-0.39, 0.29) is 32.1 Å². The highest BCUT2D eigenvalue weighted by Gasteiger charge is 2.03. The molecule has 5 nitrogen and oxygen atoms in total. The summed E-state index contributed by atoms with van der Waals surface area (Å²) in [6.45, 7) is -0.141. The number of nitrogens with two attached hydrogens (primary N) is 1. The number of hydrogen-bond acceptors (Lipinski definition) is 4. The van der Waals surface area contributed by atoms with E-state index in [0.717, 1.165) is 0 Å². The summed E-state index contributed by atoms with van der Waals surface area (Å²) in [4.78, 5) is 11.4. The molecule has 0 saturated heterocycles. The molecule has 1 aromatic carbocycles. The summed E-state index contributed by atoms with van der Waals surface area (Å²) >= 11 is 0. The third kappa shape index (κ3) is 7.52. The van der Waals surface area contributed by atoms with Crippen molar-refractivity contribution in [3.8, 4) is 5.75 Å². The Hall–Kier alpha value is -1.89. The van der Waals surface area contributed by atoms with Crippen LogP contribution in [0, 0.1) is 0 Å². The predicted octanol–water partition coefficient (Wildman–Crippen LogP) is 1.44. The number of alkyl halides is 2. The van der Waals surface area contributed by atoms with Crippen molar-refractivity contribution >= 4 is 11.6 Å². The zero-order valence-corrected chi connectivity index (χ0v) is 11.0. The van der Waals surface area contributed by atoms with Gasteiger partial charge in [-0.1, -0.05) is 6.07 Å². The third-order valence-electron chi connectivity index (χ3n) is 2.27. The first-order valence-electron chi connectivity index (χ1n) is 6.19. The van der Waals surface area contributed by atoms with E-state index >= 15 is 0 Å². The summed E-state index contributed by atoms with van der Waals surface area (Å²) in [5.74, 6) is 0.368. The van der Waals surface area contributed by atoms with Crippen molar-refractivity contribution in [2.75, 3.05) is 32.1 Å². The quantitative estimate of drug-likeness (QED) is 0.532. The molecule has 0 spiro atoms. The van der Waals surface area contributed by atoms with Crippen molar-refractivity contribution in [2.45, 2.75) is 12.8 Å². The van der Waals surface area contributed by atoms with Gasteiger partial charge in [0.1, 0.15) is 12.4 Å². The molecule has 0 aliphatic heterocycles. The molecule has 3 N–H and O–H groups in total. The van der Waals surface area contributed by atoms with Gasteiger partial charge in [0.05, 0.1) is 19.6 Å². The van der Waals surface area contributed by atoms with Crippen LogP contribution in [0.3, 0.4) is 0 Å². The average Bonchev–Trinajstić information content (AvgIpc) is 2.38. The summed E-state index contributed by atoms with van der Waals surface area (Å²) in [5.41, 5.74) is 6.17. The summed E-state index contributed by atoms with van der Waals surface area (Å²) in [6, 6.07) is 6.90. The van der Waals surface area contributed by atoms with E-state index in [1.54, 1.807) is 24.3 Å². The van der Waals surface area contributed by atoms with E-state index in [9.17, 15) is 13.6 Å². The highest BCUT2D eigenvalue weighted by atomic mass is 19.3. The number of nitrogen functional groups attached to an aromatic ring is 1. The topological polar surface area (TPSA) is 73.6 Å². The average molecular weight is 288 g/mol. The second kappa shape index (κ2) is 9.08. The van der Waals surface area contributed by atoms with E-state index in [2.05, 4.69) is 10.1 Å². The van der Waals surface area contributed by atoms with Crippen molar-refractivity contribution in [1.82, 2.24) is 5.32 Å². The van der Waals surface area contributed by atoms with E-state index in [0.29, 0.717) is 11.4 Å². The zero-order chi connectivity index (χ0) is 14.8. The van der Waals surface area contributed by atoms with E-state index in [1.165, 1.54) is 0 Å². The van der Waals surface area contributed by atoms with E-state index in [1.807, 2.05) is 0 Å². The second-order valence-electron chi connectivity index (χ2n) is 3.99. The maximum Gasteiger partial charge on any atom is 0.261 e. The first-order valence-corrected chi connectivity index (χ1v) is 6.19. The van der Waals surface area contributed by atoms with Crippen molar-refractivity contribution in [3.05, 3.63) is 24.3 Å². The van der Waals surface area contributed by atoms with Crippen LogP contribution in [-0.4, -0.2) is 38.7 Å². The second-order valence-corrected chi connectivity index (χ2v) is 3.99. The van der Waals surface area contributed by atoms with Crippen LogP contribution in [0.5, 0.6) is 5.75 Å². The molecule has 0 bridgehead atoms. The Bertz CT molecular complexity index is 416. The maximum absolute atomic E-state index is 11.7. The number of ether oxygens (including phenoxy) is 2. The van der Waals surface area contributed by atoms with Crippen molar-refractivity contribution in [2.24, 2.45) is 0 Å². The lowest BCUT2D eigenvalue weighted by Gasteiger charge is -2.08. The Labute approximate surface area is 116 Å². The molecule has 0 unspecified atom stereocenters. The molecule has 1 amide bonds. The number of amides is 1. The Kier molecular flexibility index (Phi) is 7.34. The van der Waals surface area contributed by atoms with Crippen LogP contribution in [0.4, 0.5) is 14.5 Å². The van der Waals surface area contributed by atoms with Crippen LogP contribution >= 0.6 is 0 Å². The van der Waals surface area contributed by atoms with Gasteiger partial charge in [-0.2, -0.15) is 0 Å². The number of halogens is 2. The molecule has 0 fully saturated rings. The predicted molar refractivity (Wildman–Crippen MR) is 70.8 cm³/mol. The van der Waals surface area contributed by atoms with Gasteiger partial charge in [0, 0.05) is 18.3 Å². The molecule has 0 saturated carbocycles. The summed E-state index contributed by atoms with van der Waals surface area (Å²) in [7, 11) is 0. The molecular formula is C13H18F2N2O3. The number of rotatable bonds is 9. The molecule has 20 heavy (non-hydrogen) atoms.